The molecule has 1 aromatic heterocycles. The number of amides is 2. The number of carbonyl (C=O) groups is 3. The van der Waals surface area contributed by atoms with Crippen molar-refractivity contribution in [3.63, 3.8) is 0 Å². The van der Waals surface area contributed by atoms with E-state index >= 15 is 0 Å². The number of nitrogens with one attached hydrogen (secondary N) is 3. The van der Waals surface area contributed by atoms with E-state index in [1.165, 1.54) is 6.92 Å². The Balaban J connectivity index is 2.08. The monoisotopic (exact) mass is 512 g/mol. The van der Waals surface area contributed by atoms with Crippen molar-refractivity contribution in [1.29, 1.82) is 0 Å². The zero-order valence-corrected chi connectivity index (χ0v) is 20.2. The van der Waals surface area contributed by atoms with Crippen molar-refractivity contribution in [3.8, 4) is 0 Å². The van der Waals surface area contributed by atoms with Crippen molar-refractivity contribution in [2.24, 2.45) is 0 Å². The quantitative estimate of drug-likeness (QED) is 0.392. The molecule has 0 bridgehead atoms. The van der Waals surface area contributed by atoms with E-state index in [4.69, 9.17) is 0 Å². The molecule has 2 heterocycles. The summed E-state index contributed by atoms with van der Waals surface area (Å²) in [6.07, 6.45) is 0.0433. The Bertz CT molecular complexity index is 1270. The Morgan fingerprint density at radius 3 is 2.51 bits per heavy atom. The van der Waals surface area contributed by atoms with E-state index in [9.17, 15) is 27.6 Å². The van der Waals surface area contributed by atoms with Crippen LogP contribution >= 0.6 is 0 Å². The molecule has 0 spiro atoms. The summed E-state index contributed by atoms with van der Waals surface area (Å²) in [5.74, 6) is -1.49. The van der Waals surface area contributed by atoms with E-state index in [-0.39, 0.29) is 19.0 Å². The first kappa shape index (κ1) is 27.3. The number of ketones is 1. The minimum atomic E-state index is -4.47. The topological polar surface area (TPSA) is 94.3 Å². The molecule has 0 unspecified atom stereocenters. The first-order valence-electron chi connectivity index (χ1n) is 11.4. The Hall–Kier alpha value is -4.34. The molecular weight excluding hydrogens is 485 g/mol. The SMILES string of the molecule is C=C/C=C\C(=C/C(=C)NC(C)=O)c1[nH]c2c(c1Nc1ccccc1)C(=O)CN(C(=O)CCC(F)(F)F)C2. The van der Waals surface area contributed by atoms with Crippen molar-refractivity contribution in [2.45, 2.75) is 32.5 Å². The highest BCUT2D eigenvalue weighted by molar-refractivity contribution is 6.09. The standard InChI is InChI=1S/C27H27F3N4O3/c1-4-5-9-19(14-17(2)31-18(3)35)25-26(32-20-10-7-6-8-11-20)24-21(33-25)15-34(16-22(24)36)23(37)12-13-27(28,29)30/h4-11,14,32-33H,1-2,12-13,15-16H2,3H3,(H,31,35)/b9-5-,19-14+. The molecule has 0 saturated carbocycles. The fourth-order valence-electron chi connectivity index (χ4n) is 3.89. The van der Waals surface area contributed by atoms with Crippen molar-refractivity contribution < 1.29 is 27.6 Å². The molecule has 2 aromatic rings. The first-order valence-corrected chi connectivity index (χ1v) is 11.4. The number of hydrogen-bond donors (Lipinski definition) is 3. The number of H-pyrrole nitrogens is 1. The van der Waals surface area contributed by atoms with Crippen LogP contribution < -0.4 is 10.6 Å². The number of hydrogen-bond acceptors (Lipinski definition) is 4. The number of para-hydroxylation sites is 1. The lowest BCUT2D eigenvalue weighted by atomic mass is 10.0. The number of aromatic amines is 1. The van der Waals surface area contributed by atoms with Gasteiger partial charge in [0.15, 0.2) is 5.78 Å². The van der Waals surface area contributed by atoms with E-state index in [2.05, 4.69) is 28.8 Å². The number of anilines is 2. The fourth-order valence-corrected chi connectivity index (χ4v) is 3.89. The van der Waals surface area contributed by atoms with Gasteiger partial charge in [0.2, 0.25) is 11.8 Å². The smallest absolute Gasteiger partial charge is 0.355 e. The highest BCUT2D eigenvalue weighted by Crippen LogP contribution is 2.37. The lowest BCUT2D eigenvalue weighted by Gasteiger charge is -2.26. The minimum Gasteiger partial charge on any atom is -0.355 e. The minimum absolute atomic E-state index is 0.0632. The third-order valence-electron chi connectivity index (χ3n) is 5.42. The number of Topliss-reactive ketones (excluding diaryl/α,β-unsaturated/α-hetero) is 1. The second kappa shape index (κ2) is 11.6. The maximum absolute atomic E-state index is 13.2. The number of rotatable bonds is 9. The molecular formula is C27H27F3N4O3. The summed E-state index contributed by atoms with van der Waals surface area (Å²) in [5.41, 5.74) is 3.11. The van der Waals surface area contributed by atoms with Crippen LogP contribution in [0.25, 0.3) is 5.57 Å². The van der Waals surface area contributed by atoms with Gasteiger partial charge < -0.3 is 20.5 Å². The normalized spacial score (nSPS) is 13.9. The van der Waals surface area contributed by atoms with Gasteiger partial charge in [0.25, 0.3) is 0 Å². The van der Waals surface area contributed by atoms with Gasteiger partial charge in [-0.2, -0.15) is 13.2 Å². The van der Waals surface area contributed by atoms with Gasteiger partial charge in [-0.05, 0) is 18.2 Å². The number of fused-ring (bicyclic) bond motifs is 1. The zero-order valence-electron chi connectivity index (χ0n) is 20.2. The van der Waals surface area contributed by atoms with Crippen LogP contribution in [0.3, 0.4) is 0 Å². The zero-order chi connectivity index (χ0) is 27.2. The second-order valence-corrected chi connectivity index (χ2v) is 8.41. The number of halogens is 3. The number of nitrogens with zero attached hydrogens (tertiary/aromatic N) is 1. The molecule has 1 aliphatic heterocycles. The summed E-state index contributed by atoms with van der Waals surface area (Å²) < 4.78 is 37.9. The van der Waals surface area contributed by atoms with Crippen molar-refractivity contribution >= 4 is 34.5 Å². The lowest BCUT2D eigenvalue weighted by molar-refractivity contribution is -0.149. The molecule has 3 N–H and O–H groups in total. The molecule has 0 fully saturated rings. The lowest BCUT2D eigenvalue weighted by Crippen LogP contribution is -2.39. The summed E-state index contributed by atoms with van der Waals surface area (Å²) in [7, 11) is 0. The number of carbonyl (C=O) groups excluding carboxylic acids is 3. The van der Waals surface area contributed by atoms with Gasteiger partial charge >= 0.3 is 6.18 Å². The third-order valence-corrected chi connectivity index (χ3v) is 5.42. The van der Waals surface area contributed by atoms with Gasteiger partial charge in [-0.15, -0.1) is 0 Å². The van der Waals surface area contributed by atoms with Crippen LogP contribution in [0.2, 0.25) is 0 Å². The van der Waals surface area contributed by atoms with Crippen LogP contribution in [-0.4, -0.2) is 40.2 Å². The van der Waals surface area contributed by atoms with Gasteiger partial charge in [0, 0.05) is 36.0 Å². The molecule has 0 radical (unpaired) electrons. The molecule has 2 amide bonds. The fraction of sp³-hybridized carbons (Fsp3) is 0.222. The molecule has 7 nitrogen and oxygen atoms in total. The van der Waals surface area contributed by atoms with Gasteiger partial charge in [0.05, 0.1) is 36.5 Å². The average molecular weight is 513 g/mol. The molecule has 10 heteroatoms. The summed E-state index contributed by atoms with van der Waals surface area (Å²) >= 11 is 0. The van der Waals surface area contributed by atoms with Crippen LogP contribution in [0.1, 0.15) is 41.5 Å². The number of benzene rings is 1. The predicted octanol–water partition coefficient (Wildman–Crippen LogP) is 5.40. The van der Waals surface area contributed by atoms with Crippen LogP contribution in [0, 0.1) is 0 Å². The molecule has 3 rings (SSSR count). The van der Waals surface area contributed by atoms with Gasteiger partial charge in [-0.1, -0.05) is 49.6 Å². The van der Waals surface area contributed by atoms with Crippen LogP contribution in [0.15, 0.2) is 73.5 Å². The van der Waals surface area contributed by atoms with E-state index in [1.54, 1.807) is 24.3 Å². The molecule has 0 atom stereocenters. The van der Waals surface area contributed by atoms with E-state index < -0.39 is 30.7 Å². The van der Waals surface area contributed by atoms with Crippen molar-refractivity contribution in [1.82, 2.24) is 15.2 Å². The van der Waals surface area contributed by atoms with Crippen LogP contribution in [0.4, 0.5) is 24.5 Å². The first-order chi connectivity index (χ1) is 17.5. The summed E-state index contributed by atoms with van der Waals surface area (Å²) in [6.45, 7) is 8.45. The summed E-state index contributed by atoms with van der Waals surface area (Å²) in [5, 5.41) is 5.84. The highest BCUT2D eigenvalue weighted by atomic mass is 19.4. The van der Waals surface area contributed by atoms with Gasteiger partial charge in [0.1, 0.15) is 0 Å². The second-order valence-electron chi connectivity index (χ2n) is 8.41. The molecule has 194 valence electrons. The molecule has 1 aromatic carbocycles. The summed E-state index contributed by atoms with van der Waals surface area (Å²) in [4.78, 5) is 41.5. The molecule has 37 heavy (non-hydrogen) atoms. The van der Waals surface area contributed by atoms with Crippen molar-refractivity contribution in [2.75, 3.05) is 11.9 Å². The molecule has 0 saturated heterocycles. The van der Waals surface area contributed by atoms with Gasteiger partial charge in [-0.3, -0.25) is 14.4 Å². The highest BCUT2D eigenvalue weighted by Gasteiger charge is 2.35. The van der Waals surface area contributed by atoms with Crippen LogP contribution in [0.5, 0.6) is 0 Å². The maximum atomic E-state index is 13.2. The Kier molecular flexibility index (Phi) is 8.54. The molecule has 0 aliphatic carbocycles. The Morgan fingerprint density at radius 1 is 1.19 bits per heavy atom. The largest absolute Gasteiger partial charge is 0.389 e. The van der Waals surface area contributed by atoms with E-state index in [1.807, 2.05) is 30.3 Å². The van der Waals surface area contributed by atoms with Crippen molar-refractivity contribution in [3.05, 3.63) is 90.4 Å². The van der Waals surface area contributed by atoms with Crippen LogP contribution in [-0.2, 0) is 16.1 Å². The number of aromatic nitrogens is 1. The Morgan fingerprint density at radius 2 is 1.89 bits per heavy atom. The van der Waals surface area contributed by atoms with E-state index in [0.717, 1.165) is 4.90 Å². The van der Waals surface area contributed by atoms with Gasteiger partial charge in [-0.25, -0.2) is 0 Å². The van der Waals surface area contributed by atoms with E-state index in [0.29, 0.717) is 39.6 Å². The number of alkyl halides is 3. The maximum Gasteiger partial charge on any atom is 0.389 e. The molecule has 1 aliphatic rings. The predicted molar refractivity (Wildman–Crippen MR) is 136 cm³/mol. The average Bonchev–Trinajstić information content (AvgIpc) is 3.18. The Labute approximate surface area is 212 Å². The third kappa shape index (κ3) is 7.33. The number of allylic oxidation sites excluding steroid dienone is 5. The summed E-state index contributed by atoms with van der Waals surface area (Å²) in [6, 6.07) is 9.09.